The summed E-state index contributed by atoms with van der Waals surface area (Å²) in [4.78, 5) is 4.53. The lowest BCUT2D eigenvalue weighted by atomic mass is 10.2. The van der Waals surface area contributed by atoms with Crippen molar-refractivity contribution in [3.05, 3.63) is 23.5 Å². The van der Waals surface area contributed by atoms with Crippen molar-refractivity contribution in [3.8, 4) is 5.75 Å². The van der Waals surface area contributed by atoms with Crippen LogP contribution in [0.2, 0.25) is 0 Å². The summed E-state index contributed by atoms with van der Waals surface area (Å²) in [5.74, 6) is 0.938. The average Bonchev–Trinajstić information content (AvgIpc) is 2.39. The van der Waals surface area contributed by atoms with Gasteiger partial charge in [0.2, 0.25) is 0 Å². The van der Waals surface area contributed by atoms with E-state index in [9.17, 15) is 0 Å². The van der Waals surface area contributed by atoms with Crippen molar-refractivity contribution in [2.24, 2.45) is 0 Å². The monoisotopic (exact) mass is 250 g/mol. The largest absolute Gasteiger partial charge is 0.487 e. The summed E-state index contributed by atoms with van der Waals surface area (Å²) >= 11 is 0. The van der Waals surface area contributed by atoms with Crippen molar-refractivity contribution in [2.45, 2.75) is 53.1 Å². The lowest BCUT2D eigenvalue weighted by Crippen LogP contribution is -2.31. The van der Waals surface area contributed by atoms with Crippen LogP contribution in [-0.2, 0) is 6.42 Å². The number of rotatable bonds is 8. The number of ether oxygens (including phenoxy) is 1. The van der Waals surface area contributed by atoms with Crippen LogP contribution in [0.4, 0.5) is 0 Å². The minimum atomic E-state index is 0.228. The van der Waals surface area contributed by atoms with E-state index in [1.54, 1.807) is 0 Å². The SMILES string of the molecule is CCCNCC(CC)Oc1ccc(C)nc1CC. The average molecular weight is 250 g/mol. The Hall–Kier alpha value is -1.09. The van der Waals surface area contributed by atoms with Crippen molar-refractivity contribution >= 4 is 0 Å². The number of hydrogen-bond donors (Lipinski definition) is 1. The molecule has 3 nitrogen and oxygen atoms in total. The quantitative estimate of drug-likeness (QED) is 0.720. The van der Waals surface area contributed by atoms with Gasteiger partial charge in [-0.3, -0.25) is 4.98 Å². The smallest absolute Gasteiger partial charge is 0.141 e. The highest BCUT2D eigenvalue weighted by atomic mass is 16.5. The minimum Gasteiger partial charge on any atom is -0.487 e. The Labute approximate surface area is 111 Å². The van der Waals surface area contributed by atoms with Crippen LogP contribution in [0.3, 0.4) is 0 Å². The normalized spacial score (nSPS) is 12.4. The van der Waals surface area contributed by atoms with Crippen LogP contribution in [0.1, 0.15) is 45.0 Å². The number of pyridine rings is 1. The van der Waals surface area contributed by atoms with Gasteiger partial charge in [0.15, 0.2) is 0 Å². The molecule has 1 unspecified atom stereocenters. The van der Waals surface area contributed by atoms with Crippen LogP contribution in [0.15, 0.2) is 12.1 Å². The molecule has 0 fully saturated rings. The van der Waals surface area contributed by atoms with E-state index in [1.807, 2.05) is 19.1 Å². The van der Waals surface area contributed by atoms with Gasteiger partial charge in [0.25, 0.3) is 0 Å². The van der Waals surface area contributed by atoms with Gasteiger partial charge in [-0.15, -0.1) is 0 Å². The highest BCUT2D eigenvalue weighted by molar-refractivity contribution is 5.29. The molecule has 0 aliphatic carbocycles. The fourth-order valence-electron chi connectivity index (χ4n) is 1.85. The van der Waals surface area contributed by atoms with Crippen molar-refractivity contribution in [1.82, 2.24) is 10.3 Å². The Morgan fingerprint density at radius 1 is 1.28 bits per heavy atom. The molecule has 0 saturated heterocycles. The molecular weight excluding hydrogens is 224 g/mol. The standard InChI is InChI=1S/C15H26N2O/c1-5-10-16-11-13(6-2)18-15-9-8-12(4)17-14(15)7-3/h8-9,13,16H,5-7,10-11H2,1-4H3. The third-order valence-corrected chi connectivity index (χ3v) is 2.95. The Kier molecular flexibility index (Phi) is 6.73. The Balaban J connectivity index is 2.63. The van der Waals surface area contributed by atoms with Gasteiger partial charge in [0.05, 0.1) is 5.69 Å². The molecule has 1 heterocycles. The summed E-state index contributed by atoms with van der Waals surface area (Å²) in [6.07, 6.45) is 3.30. The first-order chi connectivity index (χ1) is 8.71. The Morgan fingerprint density at radius 3 is 2.67 bits per heavy atom. The number of aromatic nitrogens is 1. The first-order valence-electron chi connectivity index (χ1n) is 7.05. The minimum absolute atomic E-state index is 0.228. The molecule has 0 radical (unpaired) electrons. The van der Waals surface area contributed by atoms with Gasteiger partial charge in [0, 0.05) is 12.2 Å². The maximum atomic E-state index is 6.06. The second-order valence-corrected chi connectivity index (χ2v) is 4.60. The zero-order valence-corrected chi connectivity index (χ0v) is 12.1. The van der Waals surface area contributed by atoms with Crippen molar-refractivity contribution in [3.63, 3.8) is 0 Å². The molecule has 1 aromatic heterocycles. The summed E-state index contributed by atoms with van der Waals surface area (Å²) in [7, 11) is 0. The molecule has 0 aliphatic heterocycles. The Morgan fingerprint density at radius 2 is 2.06 bits per heavy atom. The molecule has 3 heteroatoms. The number of aryl methyl sites for hydroxylation is 2. The van der Waals surface area contributed by atoms with Crippen LogP contribution in [0.5, 0.6) is 5.75 Å². The molecule has 1 N–H and O–H groups in total. The van der Waals surface area contributed by atoms with E-state index in [1.165, 1.54) is 0 Å². The van der Waals surface area contributed by atoms with E-state index in [4.69, 9.17) is 4.74 Å². The zero-order chi connectivity index (χ0) is 13.4. The first kappa shape index (κ1) is 15.0. The number of nitrogens with zero attached hydrogens (tertiary/aromatic N) is 1. The number of nitrogens with one attached hydrogen (secondary N) is 1. The van der Waals surface area contributed by atoms with Crippen LogP contribution in [0, 0.1) is 6.92 Å². The summed E-state index contributed by atoms with van der Waals surface area (Å²) in [6, 6.07) is 4.06. The summed E-state index contributed by atoms with van der Waals surface area (Å²) in [5.41, 5.74) is 2.11. The predicted octanol–water partition coefficient (Wildman–Crippen LogP) is 3.11. The van der Waals surface area contributed by atoms with E-state index < -0.39 is 0 Å². The highest BCUT2D eigenvalue weighted by Gasteiger charge is 2.11. The van der Waals surface area contributed by atoms with Gasteiger partial charge in [-0.05, 0) is 44.9 Å². The third-order valence-electron chi connectivity index (χ3n) is 2.95. The van der Waals surface area contributed by atoms with E-state index >= 15 is 0 Å². The van der Waals surface area contributed by atoms with Gasteiger partial charge in [-0.25, -0.2) is 0 Å². The van der Waals surface area contributed by atoms with Gasteiger partial charge < -0.3 is 10.1 Å². The second-order valence-electron chi connectivity index (χ2n) is 4.60. The van der Waals surface area contributed by atoms with Crippen LogP contribution < -0.4 is 10.1 Å². The molecule has 0 saturated carbocycles. The van der Waals surface area contributed by atoms with Crippen molar-refractivity contribution in [2.75, 3.05) is 13.1 Å². The van der Waals surface area contributed by atoms with E-state index in [2.05, 4.69) is 31.1 Å². The molecule has 0 aliphatic rings. The summed E-state index contributed by atoms with van der Waals surface area (Å²) in [6.45, 7) is 10.4. The topological polar surface area (TPSA) is 34.1 Å². The summed E-state index contributed by atoms with van der Waals surface area (Å²) < 4.78 is 6.06. The number of hydrogen-bond acceptors (Lipinski definition) is 3. The first-order valence-corrected chi connectivity index (χ1v) is 7.05. The lowest BCUT2D eigenvalue weighted by molar-refractivity contribution is 0.191. The van der Waals surface area contributed by atoms with Crippen LogP contribution >= 0.6 is 0 Å². The molecule has 0 spiro atoms. The molecular formula is C15H26N2O. The fraction of sp³-hybridized carbons (Fsp3) is 0.667. The molecule has 18 heavy (non-hydrogen) atoms. The summed E-state index contributed by atoms with van der Waals surface area (Å²) in [5, 5.41) is 3.41. The predicted molar refractivity (Wildman–Crippen MR) is 76.2 cm³/mol. The van der Waals surface area contributed by atoms with E-state index in [0.29, 0.717) is 0 Å². The molecule has 1 aromatic rings. The fourth-order valence-corrected chi connectivity index (χ4v) is 1.85. The van der Waals surface area contributed by atoms with Gasteiger partial charge in [-0.2, -0.15) is 0 Å². The molecule has 1 atom stereocenters. The van der Waals surface area contributed by atoms with Crippen LogP contribution in [-0.4, -0.2) is 24.2 Å². The van der Waals surface area contributed by atoms with E-state index in [-0.39, 0.29) is 6.10 Å². The second kappa shape index (κ2) is 8.09. The van der Waals surface area contributed by atoms with Crippen molar-refractivity contribution < 1.29 is 4.74 Å². The van der Waals surface area contributed by atoms with Crippen molar-refractivity contribution in [1.29, 1.82) is 0 Å². The molecule has 0 aromatic carbocycles. The van der Waals surface area contributed by atoms with Gasteiger partial charge >= 0.3 is 0 Å². The maximum absolute atomic E-state index is 6.06. The Bertz CT molecular complexity index is 352. The maximum Gasteiger partial charge on any atom is 0.141 e. The van der Waals surface area contributed by atoms with Gasteiger partial charge in [0.1, 0.15) is 11.9 Å². The molecule has 0 amide bonds. The lowest BCUT2D eigenvalue weighted by Gasteiger charge is -2.19. The molecule has 0 bridgehead atoms. The zero-order valence-electron chi connectivity index (χ0n) is 12.1. The highest BCUT2D eigenvalue weighted by Crippen LogP contribution is 2.19. The van der Waals surface area contributed by atoms with Crippen LogP contribution in [0.25, 0.3) is 0 Å². The molecule has 102 valence electrons. The van der Waals surface area contributed by atoms with E-state index in [0.717, 1.165) is 49.5 Å². The van der Waals surface area contributed by atoms with Gasteiger partial charge in [-0.1, -0.05) is 20.8 Å². The molecule has 1 rings (SSSR count). The third kappa shape index (κ3) is 4.65.